The molecule has 0 saturated heterocycles. The lowest BCUT2D eigenvalue weighted by Crippen LogP contribution is -2.24. The fraction of sp³-hybridized carbons (Fsp3) is 0.533. The lowest BCUT2D eigenvalue weighted by atomic mass is 9.85. The van der Waals surface area contributed by atoms with E-state index >= 15 is 0 Å². The fourth-order valence-electron chi connectivity index (χ4n) is 2.36. The van der Waals surface area contributed by atoms with E-state index < -0.39 is 4.92 Å². The molecule has 0 aliphatic carbocycles. The van der Waals surface area contributed by atoms with Crippen molar-refractivity contribution in [3.05, 3.63) is 33.9 Å². The minimum Gasteiger partial charge on any atom is -0.385 e. The molecule has 108 valence electrons. The van der Waals surface area contributed by atoms with Gasteiger partial charge in [0.15, 0.2) is 0 Å². The van der Waals surface area contributed by atoms with Crippen molar-refractivity contribution >= 4 is 11.4 Å². The average molecular weight is 275 g/mol. The number of rotatable bonds is 6. The van der Waals surface area contributed by atoms with Crippen LogP contribution in [0.1, 0.15) is 33.3 Å². The van der Waals surface area contributed by atoms with Gasteiger partial charge in [0.2, 0.25) is 0 Å². The molecule has 1 rings (SSSR count). The second-order valence-electron chi connectivity index (χ2n) is 5.63. The maximum Gasteiger partial charge on any atom is 0.289 e. The van der Waals surface area contributed by atoms with Crippen molar-refractivity contribution in [2.24, 2.45) is 17.8 Å². The van der Waals surface area contributed by atoms with Crippen LogP contribution in [0.25, 0.3) is 0 Å². The number of benzene rings is 1. The van der Waals surface area contributed by atoms with E-state index in [0.29, 0.717) is 23.4 Å². The molecular weight excluding hydrogens is 254 g/mol. The van der Waals surface area contributed by atoms with Crippen molar-refractivity contribution in [3.8, 4) is 6.07 Å². The van der Waals surface area contributed by atoms with E-state index in [9.17, 15) is 10.1 Å². The number of nitrogens with zero attached hydrogens (tertiary/aromatic N) is 2. The van der Waals surface area contributed by atoms with Gasteiger partial charge in [-0.2, -0.15) is 5.26 Å². The zero-order valence-electron chi connectivity index (χ0n) is 12.4. The van der Waals surface area contributed by atoms with Gasteiger partial charge in [0.25, 0.3) is 5.69 Å². The summed E-state index contributed by atoms with van der Waals surface area (Å²) in [5.74, 6) is 1.57. The quantitative estimate of drug-likeness (QED) is 0.632. The third kappa shape index (κ3) is 3.95. The summed E-state index contributed by atoms with van der Waals surface area (Å²) < 4.78 is 0. The first-order valence-corrected chi connectivity index (χ1v) is 6.79. The zero-order valence-corrected chi connectivity index (χ0v) is 12.4. The Morgan fingerprint density at radius 3 is 2.35 bits per heavy atom. The molecule has 0 radical (unpaired) electrons. The highest BCUT2D eigenvalue weighted by molar-refractivity contribution is 5.59. The monoisotopic (exact) mass is 275 g/mol. The number of hydrogen-bond acceptors (Lipinski definition) is 4. The minimum atomic E-state index is -0.522. The molecule has 5 heteroatoms. The van der Waals surface area contributed by atoms with Crippen LogP contribution in [0.2, 0.25) is 0 Å². The van der Waals surface area contributed by atoms with Crippen LogP contribution in [-0.4, -0.2) is 11.5 Å². The smallest absolute Gasteiger partial charge is 0.289 e. The zero-order chi connectivity index (χ0) is 15.3. The minimum absolute atomic E-state index is 0.0878. The second-order valence-corrected chi connectivity index (χ2v) is 5.63. The first kappa shape index (κ1) is 16.0. The highest BCUT2D eigenvalue weighted by Gasteiger charge is 2.18. The molecule has 1 aromatic rings. The molecule has 0 fully saturated rings. The summed E-state index contributed by atoms with van der Waals surface area (Å²) in [7, 11) is 0. The fourth-order valence-corrected chi connectivity index (χ4v) is 2.36. The Hall–Kier alpha value is -2.09. The number of nitriles is 1. The van der Waals surface area contributed by atoms with E-state index in [1.54, 1.807) is 6.07 Å². The molecule has 0 saturated carbocycles. The number of nitro groups is 1. The van der Waals surface area contributed by atoms with E-state index in [1.165, 1.54) is 12.1 Å². The number of nitro benzene ring substituents is 1. The topological polar surface area (TPSA) is 79.0 Å². The van der Waals surface area contributed by atoms with Gasteiger partial charge in [-0.05, 0) is 29.9 Å². The predicted molar refractivity (Wildman–Crippen MR) is 79.5 cm³/mol. The van der Waals surface area contributed by atoms with E-state index in [4.69, 9.17) is 5.26 Å². The van der Waals surface area contributed by atoms with E-state index in [0.717, 1.165) is 6.54 Å². The lowest BCUT2D eigenvalue weighted by Gasteiger charge is -2.25. The first-order chi connectivity index (χ1) is 9.36. The lowest BCUT2D eigenvalue weighted by molar-refractivity contribution is -0.385. The predicted octanol–water partition coefficient (Wildman–Crippen LogP) is 3.81. The second kappa shape index (κ2) is 6.90. The van der Waals surface area contributed by atoms with E-state index in [1.807, 2.05) is 6.07 Å². The normalized spacial score (nSPS) is 10.9. The summed E-state index contributed by atoms with van der Waals surface area (Å²) in [6.45, 7) is 9.46. The first-order valence-electron chi connectivity index (χ1n) is 6.79. The average Bonchev–Trinajstić information content (AvgIpc) is 2.37. The molecule has 0 amide bonds. The SMILES string of the molecule is CC(C)C(CNc1ccc(C#N)c([N+](=O)[O-])c1)C(C)C. The summed E-state index contributed by atoms with van der Waals surface area (Å²) in [5.41, 5.74) is 0.620. The number of hydrogen-bond donors (Lipinski definition) is 1. The van der Waals surface area contributed by atoms with Crippen LogP contribution in [0.15, 0.2) is 18.2 Å². The Bertz CT molecular complexity index is 510. The van der Waals surface area contributed by atoms with Crippen molar-refractivity contribution in [3.63, 3.8) is 0 Å². The third-order valence-corrected chi connectivity index (χ3v) is 3.57. The molecule has 0 heterocycles. The maximum absolute atomic E-state index is 10.9. The highest BCUT2D eigenvalue weighted by Crippen LogP contribution is 2.25. The molecule has 0 unspecified atom stereocenters. The van der Waals surface area contributed by atoms with Gasteiger partial charge in [-0.3, -0.25) is 10.1 Å². The molecule has 0 aliphatic rings. The molecule has 1 N–H and O–H groups in total. The number of anilines is 1. The Morgan fingerprint density at radius 1 is 1.30 bits per heavy atom. The summed E-state index contributed by atoms with van der Waals surface area (Å²) >= 11 is 0. The molecule has 0 aromatic heterocycles. The maximum atomic E-state index is 10.9. The summed E-state index contributed by atoms with van der Waals surface area (Å²) in [4.78, 5) is 10.4. The van der Waals surface area contributed by atoms with Crippen molar-refractivity contribution in [1.29, 1.82) is 5.26 Å². The van der Waals surface area contributed by atoms with Crippen molar-refractivity contribution in [1.82, 2.24) is 0 Å². The molecule has 0 bridgehead atoms. The van der Waals surface area contributed by atoms with Gasteiger partial charge < -0.3 is 5.32 Å². The van der Waals surface area contributed by atoms with Gasteiger partial charge in [-0.1, -0.05) is 27.7 Å². The van der Waals surface area contributed by atoms with Gasteiger partial charge in [0.05, 0.1) is 4.92 Å². The van der Waals surface area contributed by atoms with Gasteiger partial charge in [0.1, 0.15) is 11.6 Å². The van der Waals surface area contributed by atoms with E-state index in [2.05, 4.69) is 33.0 Å². The van der Waals surface area contributed by atoms with Crippen LogP contribution in [0.3, 0.4) is 0 Å². The van der Waals surface area contributed by atoms with Gasteiger partial charge in [0, 0.05) is 18.3 Å². The van der Waals surface area contributed by atoms with Gasteiger partial charge >= 0.3 is 0 Å². The highest BCUT2D eigenvalue weighted by atomic mass is 16.6. The largest absolute Gasteiger partial charge is 0.385 e. The van der Waals surface area contributed by atoms with Crippen LogP contribution in [0.4, 0.5) is 11.4 Å². The van der Waals surface area contributed by atoms with Crippen molar-refractivity contribution < 1.29 is 4.92 Å². The summed E-state index contributed by atoms with van der Waals surface area (Å²) in [6, 6.07) is 6.46. The molecule has 20 heavy (non-hydrogen) atoms. The van der Waals surface area contributed by atoms with Gasteiger partial charge in [-0.25, -0.2) is 0 Å². The molecule has 0 aliphatic heterocycles. The summed E-state index contributed by atoms with van der Waals surface area (Å²) in [6.07, 6.45) is 0. The van der Waals surface area contributed by atoms with Crippen LogP contribution in [0, 0.1) is 39.2 Å². The number of nitrogens with one attached hydrogen (secondary N) is 1. The molecule has 5 nitrogen and oxygen atoms in total. The Labute approximate surface area is 119 Å². The van der Waals surface area contributed by atoms with Crippen LogP contribution in [-0.2, 0) is 0 Å². The molecule has 1 aromatic carbocycles. The van der Waals surface area contributed by atoms with Crippen molar-refractivity contribution in [2.45, 2.75) is 27.7 Å². The Morgan fingerprint density at radius 2 is 1.90 bits per heavy atom. The molecule has 0 spiro atoms. The summed E-state index contributed by atoms with van der Waals surface area (Å²) in [5, 5.41) is 23.0. The van der Waals surface area contributed by atoms with Crippen LogP contribution in [0.5, 0.6) is 0 Å². The van der Waals surface area contributed by atoms with Crippen LogP contribution < -0.4 is 5.32 Å². The van der Waals surface area contributed by atoms with Gasteiger partial charge in [-0.15, -0.1) is 0 Å². The third-order valence-electron chi connectivity index (χ3n) is 3.57. The standard InChI is InChI=1S/C15H21N3O2/c1-10(2)14(11(3)4)9-17-13-6-5-12(8-16)15(7-13)18(19)20/h5-7,10-11,14,17H,9H2,1-4H3. The van der Waals surface area contributed by atoms with Crippen molar-refractivity contribution in [2.75, 3.05) is 11.9 Å². The molecular formula is C15H21N3O2. The van der Waals surface area contributed by atoms with E-state index in [-0.39, 0.29) is 11.3 Å². The van der Waals surface area contributed by atoms with Crippen LogP contribution >= 0.6 is 0 Å². The Kier molecular flexibility index (Phi) is 5.51. The molecule has 0 atom stereocenters. The Balaban J connectivity index is 2.86.